The lowest BCUT2D eigenvalue weighted by Crippen LogP contribution is -2.11. The van der Waals surface area contributed by atoms with E-state index in [0.717, 1.165) is 29.6 Å². The zero-order chi connectivity index (χ0) is 17.0. The highest BCUT2D eigenvalue weighted by Crippen LogP contribution is 2.22. The van der Waals surface area contributed by atoms with Crippen LogP contribution in [0.15, 0.2) is 24.2 Å². The molecule has 0 bridgehead atoms. The van der Waals surface area contributed by atoms with Crippen LogP contribution in [0.5, 0.6) is 0 Å². The molecule has 0 aromatic carbocycles. The highest BCUT2D eigenvalue weighted by Gasteiger charge is 2.13. The van der Waals surface area contributed by atoms with Gasteiger partial charge in [-0.1, -0.05) is 26.8 Å². The van der Waals surface area contributed by atoms with Crippen LogP contribution in [0.2, 0.25) is 0 Å². The summed E-state index contributed by atoms with van der Waals surface area (Å²) in [7, 11) is 0. The summed E-state index contributed by atoms with van der Waals surface area (Å²) < 4.78 is 0. The number of nitrogens with zero attached hydrogens (tertiary/aromatic N) is 3. The van der Waals surface area contributed by atoms with E-state index < -0.39 is 5.91 Å². The minimum Gasteiger partial charge on any atom is -0.375 e. The van der Waals surface area contributed by atoms with Crippen molar-refractivity contribution >= 4 is 17.1 Å². The standard InChI is InChI=1S/C17H21N5O/c1-17(2,3)8-7-12-10-21-16-14(22-12)11(9-20-16)5-6-13(19-4)15(18)23/h6,9-10H,5,7-8H2,1-3H3,(H2,18,23)(H,20,21)/b13-6-. The number of aromatic amines is 1. The summed E-state index contributed by atoms with van der Waals surface area (Å²) in [5.74, 6) is -0.711. The van der Waals surface area contributed by atoms with Gasteiger partial charge in [0, 0.05) is 11.8 Å². The van der Waals surface area contributed by atoms with Crippen LogP contribution in [0.4, 0.5) is 0 Å². The van der Waals surface area contributed by atoms with E-state index in [2.05, 4.69) is 40.6 Å². The monoisotopic (exact) mass is 311 g/mol. The van der Waals surface area contributed by atoms with Crippen LogP contribution >= 0.6 is 0 Å². The van der Waals surface area contributed by atoms with Crippen LogP contribution in [0.25, 0.3) is 16.0 Å². The maximum absolute atomic E-state index is 11.1. The quantitative estimate of drug-likeness (QED) is 0.657. The van der Waals surface area contributed by atoms with Gasteiger partial charge in [0.1, 0.15) is 5.52 Å². The first-order chi connectivity index (χ1) is 10.8. The Kier molecular flexibility index (Phi) is 4.80. The third-order valence-corrected chi connectivity index (χ3v) is 3.53. The summed E-state index contributed by atoms with van der Waals surface area (Å²) in [5.41, 5.74) is 8.65. The molecule has 0 aliphatic rings. The molecule has 0 saturated heterocycles. The van der Waals surface area contributed by atoms with Crippen molar-refractivity contribution in [2.75, 3.05) is 0 Å². The van der Waals surface area contributed by atoms with Gasteiger partial charge >= 0.3 is 0 Å². The molecule has 0 spiro atoms. The molecule has 120 valence electrons. The van der Waals surface area contributed by atoms with E-state index in [1.807, 2.05) is 0 Å². The summed E-state index contributed by atoms with van der Waals surface area (Å²) in [6.45, 7) is 13.5. The predicted octanol–water partition coefficient (Wildman–Crippen LogP) is 2.77. The summed E-state index contributed by atoms with van der Waals surface area (Å²) >= 11 is 0. The van der Waals surface area contributed by atoms with Crippen molar-refractivity contribution in [3.05, 3.63) is 46.8 Å². The van der Waals surface area contributed by atoms with Crippen molar-refractivity contribution in [2.24, 2.45) is 11.1 Å². The number of hydrogen-bond acceptors (Lipinski definition) is 3. The normalized spacial score (nSPS) is 12.3. The summed E-state index contributed by atoms with van der Waals surface area (Å²) in [5, 5.41) is 0. The van der Waals surface area contributed by atoms with Crippen LogP contribution in [-0.4, -0.2) is 20.9 Å². The van der Waals surface area contributed by atoms with E-state index in [1.54, 1.807) is 12.4 Å². The van der Waals surface area contributed by atoms with Gasteiger partial charge in [0.2, 0.25) is 11.6 Å². The van der Waals surface area contributed by atoms with Gasteiger partial charge in [-0.15, -0.1) is 0 Å². The molecule has 0 aliphatic heterocycles. The largest absolute Gasteiger partial charge is 0.375 e. The highest BCUT2D eigenvalue weighted by atomic mass is 16.1. The fourth-order valence-corrected chi connectivity index (χ4v) is 2.17. The number of nitrogens with two attached hydrogens (primary N) is 1. The molecule has 2 rings (SSSR count). The molecule has 0 unspecified atom stereocenters. The molecule has 1 amide bonds. The number of carbonyl (C=O) groups excluding carboxylic acids is 1. The molecule has 2 aromatic rings. The van der Waals surface area contributed by atoms with Crippen molar-refractivity contribution in [1.29, 1.82) is 0 Å². The lowest BCUT2D eigenvalue weighted by atomic mass is 9.90. The Labute approximate surface area is 135 Å². The number of aromatic nitrogens is 3. The summed E-state index contributed by atoms with van der Waals surface area (Å²) in [4.78, 5) is 26.3. The minimum atomic E-state index is -0.711. The van der Waals surface area contributed by atoms with E-state index >= 15 is 0 Å². The number of rotatable bonds is 5. The fraction of sp³-hybridized carbons (Fsp3) is 0.412. The number of hydrogen-bond donors (Lipinski definition) is 2. The van der Waals surface area contributed by atoms with Crippen molar-refractivity contribution < 1.29 is 4.79 Å². The second kappa shape index (κ2) is 6.61. The lowest BCUT2D eigenvalue weighted by Gasteiger charge is -2.17. The molecule has 2 heterocycles. The Balaban J connectivity index is 2.25. The van der Waals surface area contributed by atoms with Gasteiger partial charge in [-0.3, -0.25) is 4.79 Å². The Bertz CT molecular complexity index is 789. The predicted molar refractivity (Wildman–Crippen MR) is 89.2 cm³/mol. The topological polar surface area (TPSA) is 89.0 Å². The Morgan fingerprint density at radius 1 is 1.48 bits per heavy atom. The van der Waals surface area contributed by atoms with Gasteiger partial charge < -0.3 is 10.7 Å². The van der Waals surface area contributed by atoms with Crippen molar-refractivity contribution in [3.8, 4) is 0 Å². The molecule has 0 fully saturated rings. The fourth-order valence-electron chi connectivity index (χ4n) is 2.17. The first-order valence-electron chi connectivity index (χ1n) is 7.49. The zero-order valence-corrected chi connectivity index (χ0v) is 13.7. The van der Waals surface area contributed by atoms with Crippen LogP contribution in [0, 0.1) is 12.0 Å². The van der Waals surface area contributed by atoms with Gasteiger partial charge in [0.05, 0.1) is 18.5 Å². The van der Waals surface area contributed by atoms with E-state index in [4.69, 9.17) is 12.3 Å². The second-order valence-corrected chi connectivity index (χ2v) is 6.70. The van der Waals surface area contributed by atoms with Crippen molar-refractivity contribution in [3.63, 3.8) is 0 Å². The van der Waals surface area contributed by atoms with E-state index in [9.17, 15) is 4.79 Å². The number of fused-ring (bicyclic) bond motifs is 1. The van der Waals surface area contributed by atoms with E-state index in [1.165, 1.54) is 6.08 Å². The number of primary amides is 1. The van der Waals surface area contributed by atoms with Crippen molar-refractivity contribution in [2.45, 2.75) is 40.0 Å². The summed E-state index contributed by atoms with van der Waals surface area (Å²) in [6, 6.07) is 0. The van der Waals surface area contributed by atoms with Crippen LogP contribution in [-0.2, 0) is 17.6 Å². The molecule has 0 aliphatic carbocycles. The maximum Gasteiger partial charge on any atom is 0.247 e. The zero-order valence-electron chi connectivity index (χ0n) is 13.7. The molecular weight excluding hydrogens is 290 g/mol. The minimum absolute atomic E-state index is 0.0591. The van der Waals surface area contributed by atoms with E-state index in [0.29, 0.717) is 12.1 Å². The van der Waals surface area contributed by atoms with Crippen molar-refractivity contribution in [1.82, 2.24) is 15.0 Å². The number of amides is 1. The molecule has 0 radical (unpaired) electrons. The third kappa shape index (κ3) is 4.39. The van der Waals surface area contributed by atoms with Gasteiger partial charge in [0.25, 0.3) is 0 Å². The molecule has 3 N–H and O–H groups in total. The molecular formula is C17H21N5O. The van der Waals surface area contributed by atoms with Crippen LogP contribution < -0.4 is 5.73 Å². The second-order valence-electron chi connectivity index (χ2n) is 6.70. The smallest absolute Gasteiger partial charge is 0.247 e. The first-order valence-corrected chi connectivity index (χ1v) is 7.49. The molecule has 0 saturated carbocycles. The highest BCUT2D eigenvalue weighted by molar-refractivity contribution is 5.93. The number of H-pyrrole nitrogens is 1. The Morgan fingerprint density at radius 3 is 2.83 bits per heavy atom. The SMILES string of the molecule is [C-]#[N+]/C(=C\Cc1c[nH]c2ncc(CCC(C)(C)C)nc12)C(N)=O. The number of allylic oxidation sites excluding steroid dienone is 1. The average molecular weight is 311 g/mol. The number of aryl methyl sites for hydroxylation is 1. The van der Waals surface area contributed by atoms with E-state index in [-0.39, 0.29) is 11.1 Å². The average Bonchev–Trinajstić information content (AvgIpc) is 2.87. The molecule has 2 aromatic heterocycles. The maximum atomic E-state index is 11.1. The molecule has 0 atom stereocenters. The van der Waals surface area contributed by atoms with Gasteiger partial charge in [-0.25, -0.2) is 14.8 Å². The van der Waals surface area contributed by atoms with Gasteiger partial charge in [0.15, 0.2) is 5.65 Å². The van der Waals surface area contributed by atoms with Crippen LogP contribution in [0.3, 0.4) is 0 Å². The number of carbonyl (C=O) groups is 1. The van der Waals surface area contributed by atoms with Gasteiger partial charge in [-0.2, -0.15) is 0 Å². The molecule has 6 nitrogen and oxygen atoms in total. The van der Waals surface area contributed by atoms with Gasteiger partial charge in [-0.05, 0) is 24.7 Å². The Morgan fingerprint density at radius 2 is 2.22 bits per heavy atom. The summed E-state index contributed by atoms with van der Waals surface area (Å²) in [6.07, 6.45) is 7.42. The molecule has 23 heavy (non-hydrogen) atoms. The number of nitrogens with one attached hydrogen (secondary N) is 1. The molecule has 6 heteroatoms. The Hall–Kier alpha value is -2.68. The lowest BCUT2D eigenvalue weighted by molar-refractivity contribution is -0.114. The third-order valence-electron chi connectivity index (χ3n) is 3.53. The first kappa shape index (κ1) is 16.7. The van der Waals surface area contributed by atoms with Crippen LogP contribution in [0.1, 0.15) is 38.4 Å².